The Labute approximate surface area is 75.0 Å². The molecular weight excluding hydrogens is 174 g/mol. The van der Waals surface area contributed by atoms with Crippen molar-refractivity contribution in [3.8, 4) is 5.75 Å². The van der Waals surface area contributed by atoms with Crippen LogP contribution in [0.5, 0.6) is 5.75 Å². The standard InChI is InChI=1S/C10H10F2O/c11-10(12)5-4-9(10)7-2-1-3-8(13)6-7/h1-3,6,9,13H,4-5H2. The van der Waals surface area contributed by atoms with Crippen LogP contribution in [0.2, 0.25) is 0 Å². The summed E-state index contributed by atoms with van der Waals surface area (Å²) in [5, 5.41) is 9.11. The fraction of sp³-hybridized carbons (Fsp3) is 0.400. The third-order valence-electron chi connectivity index (χ3n) is 2.55. The van der Waals surface area contributed by atoms with Crippen LogP contribution in [-0.2, 0) is 0 Å². The molecule has 0 spiro atoms. The second kappa shape index (κ2) is 2.69. The van der Waals surface area contributed by atoms with Gasteiger partial charge in [-0.1, -0.05) is 12.1 Å². The maximum absolute atomic E-state index is 12.9. The molecule has 1 aliphatic carbocycles. The van der Waals surface area contributed by atoms with E-state index in [0.29, 0.717) is 12.0 Å². The molecule has 0 heterocycles. The van der Waals surface area contributed by atoms with Crippen molar-refractivity contribution in [2.75, 3.05) is 0 Å². The zero-order chi connectivity index (χ0) is 9.47. The molecule has 70 valence electrons. The Balaban J connectivity index is 2.26. The Bertz CT molecular complexity index is 322. The van der Waals surface area contributed by atoms with Gasteiger partial charge in [0.15, 0.2) is 0 Å². The summed E-state index contributed by atoms with van der Waals surface area (Å²) in [6.07, 6.45) is 0.476. The van der Waals surface area contributed by atoms with Crippen molar-refractivity contribution < 1.29 is 13.9 Å². The van der Waals surface area contributed by atoms with Gasteiger partial charge in [0.1, 0.15) is 5.75 Å². The van der Waals surface area contributed by atoms with Gasteiger partial charge in [0.05, 0.1) is 0 Å². The molecule has 1 aromatic rings. The Morgan fingerprint density at radius 3 is 2.62 bits per heavy atom. The van der Waals surface area contributed by atoms with Crippen LogP contribution < -0.4 is 0 Å². The fourth-order valence-electron chi connectivity index (χ4n) is 1.66. The fourth-order valence-corrected chi connectivity index (χ4v) is 1.66. The highest BCUT2D eigenvalue weighted by molar-refractivity contribution is 5.32. The predicted octanol–water partition coefficient (Wildman–Crippen LogP) is 2.90. The van der Waals surface area contributed by atoms with E-state index in [1.807, 2.05) is 0 Å². The molecule has 0 aromatic heterocycles. The van der Waals surface area contributed by atoms with Gasteiger partial charge in [-0.3, -0.25) is 0 Å². The molecule has 1 fully saturated rings. The summed E-state index contributed by atoms with van der Waals surface area (Å²) in [5.74, 6) is -3.21. The van der Waals surface area contributed by atoms with E-state index in [-0.39, 0.29) is 12.2 Å². The zero-order valence-corrected chi connectivity index (χ0v) is 7.00. The topological polar surface area (TPSA) is 20.2 Å². The molecule has 1 N–H and O–H groups in total. The lowest BCUT2D eigenvalue weighted by atomic mass is 9.76. The maximum atomic E-state index is 12.9. The van der Waals surface area contributed by atoms with Crippen LogP contribution in [0.1, 0.15) is 24.3 Å². The Morgan fingerprint density at radius 2 is 2.15 bits per heavy atom. The molecule has 2 rings (SSSR count). The molecule has 1 unspecified atom stereocenters. The van der Waals surface area contributed by atoms with Crippen LogP contribution in [-0.4, -0.2) is 11.0 Å². The van der Waals surface area contributed by atoms with Gasteiger partial charge in [0.25, 0.3) is 5.92 Å². The van der Waals surface area contributed by atoms with Crippen molar-refractivity contribution in [3.63, 3.8) is 0 Å². The Hall–Kier alpha value is -1.12. The molecule has 3 heteroatoms. The summed E-state index contributed by atoms with van der Waals surface area (Å²) in [4.78, 5) is 0. The molecule has 0 amide bonds. The van der Waals surface area contributed by atoms with Crippen molar-refractivity contribution in [1.29, 1.82) is 0 Å². The van der Waals surface area contributed by atoms with Crippen LogP contribution in [0.4, 0.5) is 8.78 Å². The van der Waals surface area contributed by atoms with E-state index in [0.717, 1.165) is 0 Å². The number of phenols is 1. The van der Waals surface area contributed by atoms with Gasteiger partial charge in [0, 0.05) is 12.3 Å². The van der Waals surface area contributed by atoms with Gasteiger partial charge < -0.3 is 5.11 Å². The Morgan fingerprint density at radius 1 is 1.38 bits per heavy atom. The molecule has 1 aliphatic rings. The van der Waals surface area contributed by atoms with Crippen molar-refractivity contribution in [3.05, 3.63) is 29.8 Å². The van der Waals surface area contributed by atoms with Crippen LogP contribution in [0.25, 0.3) is 0 Å². The smallest absolute Gasteiger partial charge is 0.254 e. The van der Waals surface area contributed by atoms with Crippen LogP contribution >= 0.6 is 0 Å². The molecule has 0 saturated heterocycles. The molecule has 1 aromatic carbocycles. The van der Waals surface area contributed by atoms with Crippen LogP contribution in [0.3, 0.4) is 0 Å². The van der Waals surface area contributed by atoms with Gasteiger partial charge in [-0.15, -0.1) is 0 Å². The normalized spacial score (nSPS) is 25.2. The van der Waals surface area contributed by atoms with Gasteiger partial charge in [0.2, 0.25) is 0 Å². The number of hydrogen-bond donors (Lipinski definition) is 1. The monoisotopic (exact) mass is 184 g/mol. The summed E-state index contributed by atoms with van der Waals surface area (Å²) >= 11 is 0. The third-order valence-corrected chi connectivity index (χ3v) is 2.55. The molecule has 0 radical (unpaired) electrons. The quantitative estimate of drug-likeness (QED) is 0.711. The number of rotatable bonds is 1. The van der Waals surface area contributed by atoms with Crippen molar-refractivity contribution in [1.82, 2.24) is 0 Å². The maximum Gasteiger partial charge on any atom is 0.254 e. The number of hydrogen-bond acceptors (Lipinski definition) is 1. The molecule has 1 nitrogen and oxygen atoms in total. The lowest BCUT2D eigenvalue weighted by Crippen LogP contribution is -2.36. The van der Waals surface area contributed by atoms with E-state index >= 15 is 0 Å². The van der Waals surface area contributed by atoms with Crippen molar-refractivity contribution >= 4 is 0 Å². The lowest BCUT2D eigenvalue weighted by Gasteiger charge is -2.36. The van der Waals surface area contributed by atoms with E-state index in [9.17, 15) is 8.78 Å². The third kappa shape index (κ3) is 1.39. The highest BCUT2D eigenvalue weighted by atomic mass is 19.3. The first-order valence-corrected chi connectivity index (χ1v) is 4.26. The number of benzene rings is 1. The molecule has 0 bridgehead atoms. The minimum absolute atomic E-state index is 0.0344. The van der Waals surface area contributed by atoms with E-state index < -0.39 is 11.8 Å². The largest absolute Gasteiger partial charge is 0.508 e. The predicted molar refractivity (Wildman–Crippen MR) is 45.0 cm³/mol. The summed E-state index contributed by atoms with van der Waals surface area (Å²) in [6, 6.07) is 6.13. The van der Waals surface area contributed by atoms with E-state index in [4.69, 9.17) is 5.11 Å². The summed E-state index contributed by atoms with van der Waals surface area (Å²) < 4.78 is 25.9. The van der Waals surface area contributed by atoms with Gasteiger partial charge in [-0.2, -0.15) is 0 Å². The lowest BCUT2D eigenvalue weighted by molar-refractivity contribution is -0.0962. The molecule has 13 heavy (non-hydrogen) atoms. The molecule has 1 atom stereocenters. The average molecular weight is 184 g/mol. The van der Waals surface area contributed by atoms with E-state index in [2.05, 4.69) is 0 Å². The van der Waals surface area contributed by atoms with Crippen LogP contribution in [0, 0.1) is 0 Å². The number of phenolic OH excluding ortho intramolecular Hbond substituents is 1. The number of halogens is 2. The van der Waals surface area contributed by atoms with Gasteiger partial charge in [-0.25, -0.2) is 8.78 Å². The minimum Gasteiger partial charge on any atom is -0.508 e. The minimum atomic E-state index is -2.58. The second-order valence-electron chi connectivity index (χ2n) is 3.45. The summed E-state index contributed by atoms with van der Waals surface area (Å²) in [6.45, 7) is 0. The zero-order valence-electron chi connectivity index (χ0n) is 7.00. The van der Waals surface area contributed by atoms with Crippen molar-refractivity contribution in [2.24, 2.45) is 0 Å². The molecule has 0 aliphatic heterocycles. The number of aromatic hydroxyl groups is 1. The second-order valence-corrected chi connectivity index (χ2v) is 3.45. The van der Waals surface area contributed by atoms with Gasteiger partial charge in [-0.05, 0) is 24.1 Å². The summed E-state index contributed by atoms with van der Waals surface area (Å²) in [5.41, 5.74) is 0.538. The summed E-state index contributed by atoms with van der Waals surface area (Å²) in [7, 11) is 0. The average Bonchev–Trinajstić information content (AvgIpc) is 2.02. The SMILES string of the molecule is Oc1cccc(C2CCC2(F)F)c1. The highest BCUT2D eigenvalue weighted by Crippen LogP contribution is 2.50. The van der Waals surface area contributed by atoms with Crippen molar-refractivity contribution in [2.45, 2.75) is 24.7 Å². The first-order valence-electron chi connectivity index (χ1n) is 4.26. The first kappa shape index (κ1) is 8.48. The first-order chi connectivity index (χ1) is 6.09. The van der Waals surface area contributed by atoms with E-state index in [1.165, 1.54) is 12.1 Å². The Kier molecular flexibility index (Phi) is 1.75. The molecular formula is C10H10F2O. The van der Waals surface area contributed by atoms with Gasteiger partial charge >= 0.3 is 0 Å². The van der Waals surface area contributed by atoms with E-state index in [1.54, 1.807) is 12.1 Å². The molecule has 1 saturated carbocycles. The highest BCUT2D eigenvalue weighted by Gasteiger charge is 2.48. The number of alkyl halides is 2. The van der Waals surface area contributed by atoms with Crippen LogP contribution in [0.15, 0.2) is 24.3 Å².